The third-order valence-electron chi connectivity index (χ3n) is 7.44. The standard InChI is InChI=1S/C25H41N7O/c1-27-24-21(9-10-22(30-24)28-19-7-3-2-4-8-19)23(26)25(33)29-20-11-15-32(16-12-20)18-17-31-13-5-6-14-31/h9-10,19-20,26H,2-8,11-18H2,1H3,(H,29,33)(H2,27,28,30). The molecule has 0 aromatic carbocycles. The summed E-state index contributed by atoms with van der Waals surface area (Å²) >= 11 is 0. The zero-order valence-corrected chi connectivity index (χ0v) is 20.2. The van der Waals surface area contributed by atoms with Gasteiger partial charge in [0, 0.05) is 50.9 Å². The summed E-state index contributed by atoms with van der Waals surface area (Å²) in [6.07, 6.45) is 10.8. The van der Waals surface area contributed by atoms with Gasteiger partial charge in [0.1, 0.15) is 17.3 Å². The molecule has 33 heavy (non-hydrogen) atoms. The Morgan fingerprint density at radius 2 is 1.61 bits per heavy atom. The Hall–Kier alpha value is -2.19. The highest BCUT2D eigenvalue weighted by molar-refractivity contribution is 6.45. The average molecular weight is 456 g/mol. The van der Waals surface area contributed by atoms with Gasteiger partial charge in [-0.3, -0.25) is 10.2 Å². The summed E-state index contributed by atoms with van der Waals surface area (Å²) in [6, 6.07) is 4.34. The van der Waals surface area contributed by atoms with Crippen molar-refractivity contribution in [2.45, 2.75) is 69.9 Å². The highest BCUT2D eigenvalue weighted by Crippen LogP contribution is 2.23. The molecule has 2 saturated heterocycles. The quantitative estimate of drug-likeness (QED) is 0.428. The number of nitrogens with zero attached hydrogens (tertiary/aromatic N) is 3. The van der Waals surface area contributed by atoms with Crippen molar-refractivity contribution in [3.63, 3.8) is 0 Å². The van der Waals surface area contributed by atoms with Gasteiger partial charge in [-0.25, -0.2) is 4.98 Å². The van der Waals surface area contributed by atoms with Crippen LogP contribution in [0.25, 0.3) is 0 Å². The number of hydrogen-bond acceptors (Lipinski definition) is 7. The number of pyridine rings is 1. The highest BCUT2D eigenvalue weighted by Gasteiger charge is 2.24. The first-order chi connectivity index (χ1) is 16.1. The Balaban J connectivity index is 1.25. The van der Waals surface area contributed by atoms with Crippen molar-refractivity contribution in [2.75, 3.05) is 56.9 Å². The monoisotopic (exact) mass is 455 g/mol. The van der Waals surface area contributed by atoms with Gasteiger partial charge in [-0.1, -0.05) is 19.3 Å². The number of anilines is 2. The summed E-state index contributed by atoms with van der Waals surface area (Å²) in [7, 11) is 1.79. The van der Waals surface area contributed by atoms with Crippen LogP contribution in [0.5, 0.6) is 0 Å². The maximum Gasteiger partial charge on any atom is 0.270 e. The minimum atomic E-state index is -0.309. The predicted molar refractivity (Wildman–Crippen MR) is 134 cm³/mol. The molecule has 0 bridgehead atoms. The summed E-state index contributed by atoms with van der Waals surface area (Å²) in [4.78, 5) is 22.5. The zero-order valence-electron chi connectivity index (χ0n) is 20.2. The molecule has 3 aliphatic rings. The minimum absolute atomic E-state index is 0.0208. The van der Waals surface area contributed by atoms with Crippen LogP contribution in [0.4, 0.5) is 11.6 Å². The smallest absolute Gasteiger partial charge is 0.270 e. The molecule has 4 N–H and O–H groups in total. The number of hydrogen-bond donors (Lipinski definition) is 4. The van der Waals surface area contributed by atoms with E-state index in [9.17, 15) is 4.79 Å². The average Bonchev–Trinajstić information content (AvgIpc) is 3.37. The molecule has 1 aliphatic carbocycles. The molecule has 3 heterocycles. The number of rotatable bonds is 9. The zero-order chi connectivity index (χ0) is 23.0. The van der Waals surface area contributed by atoms with Crippen LogP contribution in [0.2, 0.25) is 0 Å². The van der Waals surface area contributed by atoms with Gasteiger partial charge in [-0.2, -0.15) is 0 Å². The van der Waals surface area contributed by atoms with Crippen LogP contribution in [0.15, 0.2) is 12.1 Å². The number of carbonyl (C=O) groups is 1. The lowest BCUT2D eigenvalue weighted by Gasteiger charge is -2.33. The maximum absolute atomic E-state index is 12.8. The predicted octanol–water partition coefficient (Wildman–Crippen LogP) is 2.91. The van der Waals surface area contributed by atoms with Crippen molar-refractivity contribution in [3.8, 4) is 0 Å². The van der Waals surface area contributed by atoms with Crippen molar-refractivity contribution in [1.29, 1.82) is 5.41 Å². The van der Waals surface area contributed by atoms with E-state index < -0.39 is 0 Å². The molecule has 2 aliphatic heterocycles. The molecule has 0 unspecified atom stereocenters. The van der Waals surface area contributed by atoms with Crippen molar-refractivity contribution >= 4 is 23.3 Å². The van der Waals surface area contributed by atoms with E-state index in [1.54, 1.807) is 7.05 Å². The fraction of sp³-hybridized carbons (Fsp3) is 0.720. The van der Waals surface area contributed by atoms with Gasteiger partial charge < -0.3 is 25.8 Å². The van der Waals surface area contributed by atoms with Gasteiger partial charge >= 0.3 is 0 Å². The maximum atomic E-state index is 12.8. The molecule has 4 rings (SSSR count). The van der Waals surface area contributed by atoms with Gasteiger partial charge in [0.25, 0.3) is 5.91 Å². The molecule has 1 aromatic heterocycles. The van der Waals surface area contributed by atoms with Crippen molar-refractivity contribution < 1.29 is 4.79 Å². The summed E-state index contributed by atoms with van der Waals surface area (Å²) < 4.78 is 0. The Morgan fingerprint density at radius 1 is 0.939 bits per heavy atom. The van der Waals surface area contributed by atoms with E-state index in [2.05, 4.69) is 30.7 Å². The second-order valence-electron chi connectivity index (χ2n) is 9.84. The minimum Gasteiger partial charge on any atom is -0.373 e. The number of piperidine rings is 1. The molecule has 1 aromatic rings. The van der Waals surface area contributed by atoms with Crippen molar-refractivity contribution in [1.82, 2.24) is 20.1 Å². The molecule has 0 atom stereocenters. The molecule has 3 fully saturated rings. The van der Waals surface area contributed by atoms with Crippen LogP contribution in [0, 0.1) is 5.41 Å². The molecular formula is C25H41N7O. The largest absolute Gasteiger partial charge is 0.373 e. The Morgan fingerprint density at radius 3 is 2.27 bits per heavy atom. The number of carbonyl (C=O) groups excluding carboxylic acids is 1. The van der Waals surface area contributed by atoms with E-state index in [-0.39, 0.29) is 17.7 Å². The lowest BCUT2D eigenvalue weighted by atomic mass is 9.95. The van der Waals surface area contributed by atoms with Crippen LogP contribution in [-0.2, 0) is 4.79 Å². The molecule has 8 nitrogen and oxygen atoms in total. The SMILES string of the molecule is CNc1nc(NC2CCCCC2)ccc1C(=N)C(=O)NC1CCN(CCN2CCCC2)CC1. The second-order valence-corrected chi connectivity index (χ2v) is 9.84. The number of aromatic nitrogens is 1. The van der Waals surface area contributed by atoms with Crippen LogP contribution >= 0.6 is 0 Å². The lowest BCUT2D eigenvalue weighted by molar-refractivity contribution is -0.115. The van der Waals surface area contributed by atoms with E-state index >= 15 is 0 Å². The van der Waals surface area contributed by atoms with Gasteiger partial charge in [-0.05, 0) is 63.7 Å². The van der Waals surface area contributed by atoms with E-state index in [0.717, 1.165) is 44.8 Å². The van der Waals surface area contributed by atoms with Crippen molar-refractivity contribution in [3.05, 3.63) is 17.7 Å². The summed E-state index contributed by atoms with van der Waals surface area (Å²) in [5.41, 5.74) is 0.528. The van der Waals surface area contributed by atoms with E-state index in [1.807, 2.05) is 12.1 Å². The first-order valence-corrected chi connectivity index (χ1v) is 12.9. The van der Waals surface area contributed by atoms with Crippen LogP contribution in [0.1, 0.15) is 63.4 Å². The lowest BCUT2D eigenvalue weighted by Crippen LogP contribution is -2.47. The molecule has 8 heteroatoms. The highest BCUT2D eigenvalue weighted by atomic mass is 16.1. The van der Waals surface area contributed by atoms with Gasteiger partial charge in [0.05, 0.1) is 0 Å². The molecule has 0 radical (unpaired) electrons. The summed E-state index contributed by atoms with van der Waals surface area (Å²) in [5, 5.41) is 18.2. The summed E-state index contributed by atoms with van der Waals surface area (Å²) in [6.45, 7) is 6.79. The first kappa shape index (κ1) is 24.0. The number of amides is 1. The van der Waals surface area contributed by atoms with Gasteiger partial charge in [-0.15, -0.1) is 0 Å². The Kier molecular flexibility index (Phi) is 8.56. The fourth-order valence-corrected chi connectivity index (χ4v) is 5.36. The van der Waals surface area contributed by atoms with E-state index in [0.29, 0.717) is 17.4 Å². The molecular weight excluding hydrogens is 414 g/mol. The van der Waals surface area contributed by atoms with Crippen LogP contribution in [0.3, 0.4) is 0 Å². The number of nitrogens with one attached hydrogen (secondary N) is 4. The van der Waals surface area contributed by atoms with Gasteiger partial charge in [0.15, 0.2) is 0 Å². The normalized spacial score (nSPS) is 21.1. The third kappa shape index (κ3) is 6.67. The molecule has 1 saturated carbocycles. The number of likely N-dealkylation sites (tertiary alicyclic amines) is 2. The fourth-order valence-electron chi connectivity index (χ4n) is 5.36. The van der Waals surface area contributed by atoms with Crippen LogP contribution < -0.4 is 16.0 Å². The van der Waals surface area contributed by atoms with Crippen molar-refractivity contribution in [2.24, 2.45) is 0 Å². The second kappa shape index (κ2) is 11.8. The first-order valence-electron chi connectivity index (χ1n) is 12.9. The third-order valence-corrected chi connectivity index (χ3v) is 7.44. The van der Waals surface area contributed by atoms with Crippen LogP contribution in [-0.4, -0.2) is 84.8 Å². The molecule has 1 amide bonds. The van der Waals surface area contributed by atoms with Gasteiger partial charge in [0.2, 0.25) is 0 Å². The van der Waals surface area contributed by atoms with E-state index in [4.69, 9.17) is 5.41 Å². The molecule has 182 valence electrons. The van der Waals surface area contributed by atoms with E-state index in [1.165, 1.54) is 58.0 Å². The molecule has 0 spiro atoms. The topological polar surface area (TPSA) is 96.4 Å². The summed E-state index contributed by atoms with van der Waals surface area (Å²) in [5.74, 6) is 1.08. The Bertz CT molecular complexity index is 794. The Labute approximate surface area is 198 Å².